The molecule has 8 unspecified atom stereocenters. The highest BCUT2D eigenvalue weighted by Gasteiger charge is 2.49. The first-order valence-corrected chi connectivity index (χ1v) is 8.74. The first kappa shape index (κ1) is 11.8. The predicted molar refractivity (Wildman–Crippen MR) is 76.2 cm³/mol. The van der Waals surface area contributed by atoms with Gasteiger partial charge < -0.3 is 0 Å². The summed E-state index contributed by atoms with van der Waals surface area (Å²) in [4.78, 5) is 0. The van der Waals surface area contributed by atoms with Crippen molar-refractivity contribution in [1.29, 1.82) is 0 Å². The van der Waals surface area contributed by atoms with Crippen molar-refractivity contribution in [2.24, 2.45) is 47.3 Å². The molecule has 0 N–H and O–H groups in total. The molecule has 4 aliphatic rings. The standard InChI is InChI=1S/C18H30/c1-11-8-15(17-5-3-4-16(11)17)10-18-12(2)13-6-7-14(18)9-13/h11-18H,3-10H2,1-2H3. The van der Waals surface area contributed by atoms with Crippen LogP contribution >= 0.6 is 0 Å². The zero-order chi connectivity index (χ0) is 12.3. The van der Waals surface area contributed by atoms with E-state index in [1.165, 1.54) is 0 Å². The van der Waals surface area contributed by atoms with Gasteiger partial charge in [-0.2, -0.15) is 0 Å². The van der Waals surface area contributed by atoms with Gasteiger partial charge in [0.1, 0.15) is 0 Å². The van der Waals surface area contributed by atoms with Crippen LogP contribution < -0.4 is 0 Å². The van der Waals surface area contributed by atoms with Gasteiger partial charge in [0.05, 0.1) is 0 Å². The molecule has 0 aromatic rings. The summed E-state index contributed by atoms with van der Waals surface area (Å²) < 4.78 is 0. The minimum absolute atomic E-state index is 1.05. The lowest BCUT2D eigenvalue weighted by atomic mass is 9.73. The second-order valence-corrected chi connectivity index (χ2v) is 8.32. The SMILES string of the molecule is CC1CC(CC2C3CCC(C3)C2C)C2CCCC12. The van der Waals surface area contributed by atoms with Gasteiger partial charge >= 0.3 is 0 Å². The third kappa shape index (κ3) is 1.63. The molecule has 102 valence electrons. The van der Waals surface area contributed by atoms with Gasteiger partial charge in [-0.1, -0.05) is 20.3 Å². The van der Waals surface area contributed by atoms with Crippen LogP contribution in [0, 0.1) is 47.3 Å². The van der Waals surface area contributed by atoms with Crippen molar-refractivity contribution in [3.63, 3.8) is 0 Å². The van der Waals surface area contributed by atoms with E-state index in [1.807, 2.05) is 0 Å². The van der Waals surface area contributed by atoms with Crippen molar-refractivity contribution in [2.75, 3.05) is 0 Å². The number of rotatable bonds is 2. The monoisotopic (exact) mass is 246 g/mol. The van der Waals surface area contributed by atoms with Gasteiger partial charge in [0, 0.05) is 0 Å². The Hall–Kier alpha value is 0. The number of hydrogen-bond acceptors (Lipinski definition) is 0. The average molecular weight is 246 g/mol. The van der Waals surface area contributed by atoms with Crippen LogP contribution in [-0.4, -0.2) is 0 Å². The lowest BCUT2D eigenvalue weighted by Crippen LogP contribution is -2.24. The molecular formula is C18H30. The Kier molecular flexibility index (Phi) is 2.79. The fourth-order valence-corrected chi connectivity index (χ4v) is 6.86. The van der Waals surface area contributed by atoms with E-state index in [1.54, 1.807) is 51.4 Å². The summed E-state index contributed by atoms with van der Waals surface area (Å²) >= 11 is 0. The van der Waals surface area contributed by atoms with Crippen LogP contribution in [-0.2, 0) is 0 Å². The molecule has 0 nitrogen and oxygen atoms in total. The van der Waals surface area contributed by atoms with Crippen LogP contribution in [0.5, 0.6) is 0 Å². The van der Waals surface area contributed by atoms with Crippen LogP contribution in [0.15, 0.2) is 0 Å². The summed E-state index contributed by atoms with van der Waals surface area (Å²) in [6, 6.07) is 0. The van der Waals surface area contributed by atoms with Gasteiger partial charge in [-0.25, -0.2) is 0 Å². The van der Waals surface area contributed by atoms with E-state index in [0.29, 0.717) is 0 Å². The Morgan fingerprint density at radius 2 is 1.61 bits per heavy atom. The molecule has 0 spiro atoms. The Morgan fingerprint density at radius 1 is 0.833 bits per heavy atom. The Balaban J connectivity index is 1.46. The van der Waals surface area contributed by atoms with Gasteiger partial charge in [0.15, 0.2) is 0 Å². The molecule has 0 aromatic carbocycles. The second kappa shape index (κ2) is 4.25. The predicted octanol–water partition coefficient (Wildman–Crippen LogP) is 5.13. The topological polar surface area (TPSA) is 0 Å². The quantitative estimate of drug-likeness (QED) is 0.633. The molecule has 0 aromatic heterocycles. The molecule has 8 atom stereocenters. The van der Waals surface area contributed by atoms with Gasteiger partial charge in [-0.05, 0) is 92.3 Å². The Morgan fingerprint density at radius 3 is 2.39 bits per heavy atom. The van der Waals surface area contributed by atoms with Gasteiger partial charge in [-0.3, -0.25) is 0 Å². The molecule has 0 aliphatic heterocycles. The van der Waals surface area contributed by atoms with Crippen LogP contribution in [0.4, 0.5) is 0 Å². The molecule has 0 radical (unpaired) electrons. The van der Waals surface area contributed by atoms with Gasteiger partial charge in [-0.15, -0.1) is 0 Å². The summed E-state index contributed by atoms with van der Waals surface area (Å²) in [6.45, 7) is 5.13. The molecule has 4 rings (SSSR count). The summed E-state index contributed by atoms with van der Waals surface area (Å²) in [5, 5.41) is 0. The van der Waals surface area contributed by atoms with E-state index in [0.717, 1.165) is 47.3 Å². The molecule has 0 saturated heterocycles. The van der Waals surface area contributed by atoms with E-state index >= 15 is 0 Å². The summed E-state index contributed by atoms with van der Waals surface area (Å²) in [7, 11) is 0. The normalized spacial score (nSPS) is 58.3. The highest BCUT2D eigenvalue weighted by molar-refractivity contribution is 4.99. The highest BCUT2D eigenvalue weighted by Crippen LogP contribution is 2.58. The minimum Gasteiger partial charge on any atom is -0.0622 e. The lowest BCUT2D eigenvalue weighted by molar-refractivity contribution is 0.175. The summed E-state index contributed by atoms with van der Waals surface area (Å²) in [5.41, 5.74) is 0. The maximum atomic E-state index is 2.58. The van der Waals surface area contributed by atoms with E-state index in [2.05, 4.69) is 13.8 Å². The average Bonchev–Trinajstić information content (AvgIpc) is 3.06. The maximum absolute atomic E-state index is 2.58. The smallest absolute Gasteiger partial charge is 0.0355 e. The molecule has 0 heterocycles. The summed E-state index contributed by atoms with van der Waals surface area (Å²) in [6.07, 6.45) is 12.6. The van der Waals surface area contributed by atoms with Gasteiger partial charge in [0.2, 0.25) is 0 Å². The summed E-state index contributed by atoms with van der Waals surface area (Å²) in [5.74, 6) is 8.91. The first-order valence-electron chi connectivity index (χ1n) is 8.74. The van der Waals surface area contributed by atoms with Crippen LogP contribution in [0.1, 0.15) is 65.2 Å². The number of fused-ring (bicyclic) bond motifs is 3. The fraction of sp³-hybridized carbons (Fsp3) is 1.00. The third-order valence-electron chi connectivity index (χ3n) is 7.75. The lowest BCUT2D eigenvalue weighted by Gasteiger charge is -2.32. The first-order chi connectivity index (χ1) is 8.74. The highest BCUT2D eigenvalue weighted by atomic mass is 14.5. The van der Waals surface area contributed by atoms with E-state index in [4.69, 9.17) is 0 Å². The fourth-order valence-electron chi connectivity index (χ4n) is 6.86. The molecule has 0 amide bonds. The second-order valence-electron chi connectivity index (χ2n) is 8.32. The Labute approximate surface area is 113 Å². The molecule has 4 aliphatic carbocycles. The number of hydrogen-bond donors (Lipinski definition) is 0. The molecular weight excluding hydrogens is 216 g/mol. The van der Waals surface area contributed by atoms with Crippen LogP contribution in [0.25, 0.3) is 0 Å². The molecule has 0 heteroatoms. The minimum atomic E-state index is 1.05. The zero-order valence-electron chi connectivity index (χ0n) is 12.3. The molecule has 18 heavy (non-hydrogen) atoms. The Bertz CT molecular complexity index is 318. The van der Waals surface area contributed by atoms with Crippen molar-refractivity contribution < 1.29 is 0 Å². The zero-order valence-corrected chi connectivity index (χ0v) is 12.3. The maximum Gasteiger partial charge on any atom is -0.0355 e. The van der Waals surface area contributed by atoms with Crippen molar-refractivity contribution in [3.05, 3.63) is 0 Å². The molecule has 2 bridgehead atoms. The van der Waals surface area contributed by atoms with E-state index in [-0.39, 0.29) is 0 Å². The van der Waals surface area contributed by atoms with Gasteiger partial charge in [0.25, 0.3) is 0 Å². The van der Waals surface area contributed by atoms with Crippen LogP contribution in [0.3, 0.4) is 0 Å². The van der Waals surface area contributed by atoms with Crippen molar-refractivity contribution in [1.82, 2.24) is 0 Å². The van der Waals surface area contributed by atoms with Crippen LogP contribution in [0.2, 0.25) is 0 Å². The molecule has 4 fully saturated rings. The van der Waals surface area contributed by atoms with Crippen molar-refractivity contribution in [2.45, 2.75) is 65.2 Å². The van der Waals surface area contributed by atoms with Crippen molar-refractivity contribution in [3.8, 4) is 0 Å². The van der Waals surface area contributed by atoms with E-state index in [9.17, 15) is 0 Å². The largest absolute Gasteiger partial charge is 0.0622 e. The van der Waals surface area contributed by atoms with E-state index < -0.39 is 0 Å². The molecule has 4 saturated carbocycles. The van der Waals surface area contributed by atoms with Crippen molar-refractivity contribution >= 4 is 0 Å². The third-order valence-corrected chi connectivity index (χ3v) is 7.75.